The van der Waals surface area contributed by atoms with Crippen molar-refractivity contribution < 1.29 is 14.3 Å². The standard InChI is InChI=1S/C25H21NO3/c1-29-25(28)18-24(27)26(19-21-12-6-3-7-13-21)23-15-9-8-14-22(23)17-16-20-10-4-2-5-11-20/h2-15H,18-19H2,1H3. The smallest absolute Gasteiger partial charge is 0.315 e. The van der Waals surface area contributed by atoms with E-state index < -0.39 is 5.97 Å². The lowest BCUT2D eigenvalue weighted by atomic mass is 10.1. The average molecular weight is 383 g/mol. The van der Waals surface area contributed by atoms with Crippen LogP contribution < -0.4 is 4.90 Å². The van der Waals surface area contributed by atoms with Crippen LogP contribution in [0.1, 0.15) is 23.1 Å². The van der Waals surface area contributed by atoms with Crippen molar-refractivity contribution in [1.82, 2.24) is 0 Å². The molecule has 0 saturated heterocycles. The highest BCUT2D eigenvalue weighted by molar-refractivity contribution is 6.04. The van der Waals surface area contributed by atoms with Gasteiger partial charge in [-0.3, -0.25) is 9.59 Å². The second-order valence-corrected chi connectivity index (χ2v) is 6.35. The van der Waals surface area contributed by atoms with Crippen LogP contribution in [0.2, 0.25) is 0 Å². The summed E-state index contributed by atoms with van der Waals surface area (Å²) in [4.78, 5) is 26.2. The highest BCUT2D eigenvalue weighted by atomic mass is 16.5. The molecule has 3 aromatic rings. The predicted molar refractivity (Wildman–Crippen MR) is 113 cm³/mol. The van der Waals surface area contributed by atoms with Crippen molar-refractivity contribution in [2.45, 2.75) is 13.0 Å². The maximum absolute atomic E-state index is 12.9. The number of ether oxygens (including phenoxy) is 1. The van der Waals surface area contributed by atoms with Gasteiger partial charge in [0.15, 0.2) is 0 Å². The predicted octanol–water partition coefficient (Wildman–Crippen LogP) is 4.18. The zero-order valence-corrected chi connectivity index (χ0v) is 16.2. The molecule has 0 saturated carbocycles. The highest BCUT2D eigenvalue weighted by Crippen LogP contribution is 2.23. The molecule has 0 aromatic heterocycles. The zero-order chi connectivity index (χ0) is 20.5. The van der Waals surface area contributed by atoms with E-state index in [1.807, 2.05) is 84.9 Å². The summed E-state index contributed by atoms with van der Waals surface area (Å²) in [5.74, 6) is 5.38. The van der Waals surface area contributed by atoms with E-state index >= 15 is 0 Å². The monoisotopic (exact) mass is 383 g/mol. The molecule has 0 N–H and O–H groups in total. The van der Waals surface area contributed by atoms with E-state index in [9.17, 15) is 9.59 Å². The molecule has 0 spiro atoms. The van der Waals surface area contributed by atoms with E-state index in [0.717, 1.165) is 11.1 Å². The molecule has 0 aliphatic rings. The Balaban J connectivity index is 1.98. The number of esters is 1. The van der Waals surface area contributed by atoms with Gasteiger partial charge in [-0.25, -0.2) is 0 Å². The lowest BCUT2D eigenvalue weighted by Crippen LogP contribution is -2.32. The normalized spacial score (nSPS) is 9.83. The van der Waals surface area contributed by atoms with Crippen LogP contribution in [0.25, 0.3) is 0 Å². The zero-order valence-electron chi connectivity index (χ0n) is 16.2. The molecule has 4 heteroatoms. The summed E-state index contributed by atoms with van der Waals surface area (Å²) in [5, 5.41) is 0. The summed E-state index contributed by atoms with van der Waals surface area (Å²) in [6.45, 7) is 0.334. The third-order valence-corrected chi connectivity index (χ3v) is 4.32. The van der Waals surface area contributed by atoms with Crippen molar-refractivity contribution in [3.05, 3.63) is 102 Å². The van der Waals surface area contributed by atoms with Gasteiger partial charge >= 0.3 is 5.97 Å². The average Bonchev–Trinajstić information content (AvgIpc) is 2.77. The first-order valence-electron chi connectivity index (χ1n) is 9.24. The van der Waals surface area contributed by atoms with Crippen molar-refractivity contribution >= 4 is 17.6 Å². The summed E-state index contributed by atoms with van der Waals surface area (Å²) in [5.41, 5.74) is 3.22. The quantitative estimate of drug-likeness (QED) is 0.377. The Hall–Kier alpha value is -3.84. The van der Waals surface area contributed by atoms with Crippen molar-refractivity contribution in [3.63, 3.8) is 0 Å². The third-order valence-electron chi connectivity index (χ3n) is 4.32. The van der Waals surface area contributed by atoms with E-state index in [-0.39, 0.29) is 12.3 Å². The number of hydrogen-bond acceptors (Lipinski definition) is 3. The van der Waals surface area contributed by atoms with Gasteiger partial charge in [0, 0.05) is 11.1 Å². The molecule has 29 heavy (non-hydrogen) atoms. The fourth-order valence-corrected chi connectivity index (χ4v) is 2.84. The molecule has 0 unspecified atom stereocenters. The lowest BCUT2D eigenvalue weighted by molar-refractivity contribution is -0.143. The molecular weight excluding hydrogens is 362 g/mol. The summed E-state index contributed by atoms with van der Waals surface area (Å²) in [7, 11) is 1.27. The molecule has 4 nitrogen and oxygen atoms in total. The van der Waals surface area contributed by atoms with Gasteiger partial charge < -0.3 is 9.64 Å². The molecule has 144 valence electrons. The Kier molecular flexibility index (Phi) is 6.80. The van der Waals surface area contributed by atoms with Gasteiger partial charge in [-0.15, -0.1) is 0 Å². The van der Waals surface area contributed by atoms with Gasteiger partial charge in [-0.05, 0) is 29.8 Å². The fourth-order valence-electron chi connectivity index (χ4n) is 2.84. The number of carbonyl (C=O) groups is 2. The minimum atomic E-state index is -0.569. The summed E-state index contributed by atoms with van der Waals surface area (Å²) < 4.78 is 4.68. The topological polar surface area (TPSA) is 46.6 Å². The highest BCUT2D eigenvalue weighted by Gasteiger charge is 2.21. The molecule has 1 amide bonds. The van der Waals surface area contributed by atoms with Crippen LogP contribution >= 0.6 is 0 Å². The van der Waals surface area contributed by atoms with Crippen molar-refractivity contribution in [2.24, 2.45) is 0 Å². The maximum atomic E-state index is 12.9. The van der Waals surface area contributed by atoms with Gasteiger partial charge in [0.05, 0.1) is 19.3 Å². The van der Waals surface area contributed by atoms with Crippen LogP contribution in [0, 0.1) is 11.8 Å². The van der Waals surface area contributed by atoms with Crippen LogP contribution in [0.3, 0.4) is 0 Å². The number of carbonyl (C=O) groups excluding carboxylic acids is 2. The fraction of sp³-hybridized carbons (Fsp3) is 0.120. The number of benzene rings is 3. The molecule has 0 heterocycles. The van der Waals surface area contributed by atoms with Crippen LogP contribution in [-0.2, 0) is 20.9 Å². The number of para-hydroxylation sites is 1. The van der Waals surface area contributed by atoms with E-state index in [1.165, 1.54) is 7.11 Å². The first-order valence-corrected chi connectivity index (χ1v) is 9.24. The largest absolute Gasteiger partial charge is 0.469 e. The number of hydrogen-bond donors (Lipinski definition) is 0. The molecular formula is C25H21NO3. The third kappa shape index (κ3) is 5.57. The van der Waals surface area contributed by atoms with E-state index in [0.29, 0.717) is 17.8 Å². The summed E-state index contributed by atoms with van der Waals surface area (Å²) in [6, 6.07) is 26.7. The number of nitrogens with zero attached hydrogens (tertiary/aromatic N) is 1. The molecule has 0 radical (unpaired) electrons. The second-order valence-electron chi connectivity index (χ2n) is 6.35. The molecule has 3 rings (SSSR count). The van der Waals surface area contributed by atoms with E-state index in [1.54, 1.807) is 4.90 Å². The minimum absolute atomic E-state index is 0.330. The molecule has 0 aliphatic heterocycles. The number of amides is 1. The minimum Gasteiger partial charge on any atom is -0.469 e. The SMILES string of the molecule is COC(=O)CC(=O)N(Cc1ccccc1)c1ccccc1C#Cc1ccccc1. The number of rotatable bonds is 5. The summed E-state index contributed by atoms with van der Waals surface area (Å²) in [6.07, 6.45) is -0.330. The van der Waals surface area contributed by atoms with Gasteiger partial charge in [0.2, 0.25) is 5.91 Å². The Morgan fingerprint density at radius 3 is 2.14 bits per heavy atom. The molecule has 0 bridgehead atoms. The second kappa shape index (κ2) is 9.91. The van der Waals surface area contributed by atoms with Crippen LogP contribution in [0.5, 0.6) is 0 Å². The van der Waals surface area contributed by atoms with Crippen molar-refractivity contribution in [2.75, 3.05) is 12.0 Å². The van der Waals surface area contributed by atoms with Gasteiger partial charge in [-0.2, -0.15) is 0 Å². The number of methoxy groups -OCH3 is 1. The molecule has 0 atom stereocenters. The van der Waals surface area contributed by atoms with Crippen LogP contribution in [0.15, 0.2) is 84.9 Å². The van der Waals surface area contributed by atoms with Gasteiger partial charge in [-0.1, -0.05) is 72.5 Å². The Labute approximate surface area is 170 Å². The lowest BCUT2D eigenvalue weighted by Gasteiger charge is -2.24. The molecule has 0 fully saturated rings. The Morgan fingerprint density at radius 1 is 0.828 bits per heavy atom. The number of anilines is 1. The maximum Gasteiger partial charge on any atom is 0.315 e. The Morgan fingerprint density at radius 2 is 1.45 bits per heavy atom. The van der Waals surface area contributed by atoms with Crippen molar-refractivity contribution in [3.8, 4) is 11.8 Å². The first-order chi connectivity index (χ1) is 14.2. The first kappa shape index (κ1) is 19.9. The summed E-state index contributed by atoms with van der Waals surface area (Å²) >= 11 is 0. The molecule has 0 aliphatic carbocycles. The van der Waals surface area contributed by atoms with E-state index in [4.69, 9.17) is 0 Å². The van der Waals surface area contributed by atoms with Crippen molar-refractivity contribution in [1.29, 1.82) is 0 Å². The Bertz CT molecular complexity index is 1030. The van der Waals surface area contributed by atoms with Crippen LogP contribution in [0.4, 0.5) is 5.69 Å². The van der Waals surface area contributed by atoms with E-state index in [2.05, 4.69) is 16.6 Å². The van der Waals surface area contributed by atoms with Gasteiger partial charge in [0.25, 0.3) is 0 Å². The molecule has 3 aromatic carbocycles. The van der Waals surface area contributed by atoms with Gasteiger partial charge in [0.1, 0.15) is 6.42 Å². The van der Waals surface area contributed by atoms with Crippen LogP contribution in [-0.4, -0.2) is 19.0 Å².